The molecule has 0 radical (unpaired) electrons. The van der Waals surface area contributed by atoms with Crippen molar-refractivity contribution in [1.29, 1.82) is 0 Å². The molecule has 0 aliphatic carbocycles. The Kier molecular flexibility index (Phi) is 8.45. The lowest BCUT2D eigenvalue weighted by molar-refractivity contribution is -0.150. The van der Waals surface area contributed by atoms with E-state index < -0.39 is 22.1 Å². The van der Waals surface area contributed by atoms with Crippen LogP contribution in [0.2, 0.25) is 0 Å². The number of methoxy groups -OCH3 is 1. The summed E-state index contributed by atoms with van der Waals surface area (Å²) in [6.07, 6.45) is 1.59. The minimum Gasteiger partial charge on any atom is -0.495 e. The maximum absolute atomic E-state index is 12.0. The molecule has 0 unspecified atom stereocenters. The number of sulfonamides is 1. The molecule has 27 heavy (non-hydrogen) atoms. The summed E-state index contributed by atoms with van der Waals surface area (Å²) in [5.74, 6) is -0.622. The Hall–Kier alpha value is -2.39. The fourth-order valence-corrected chi connectivity index (χ4v) is 2.92. The van der Waals surface area contributed by atoms with E-state index in [9.17, 15) is 18.0 Å². The molecule has 150 valence electrons. The summed E-state index contributed by atoms with van der Waals surface area (Å²) in [5, 5.41) is 2.68. The number of carbonyl (C=O) groups excluding carboxylic acids is 2. The average molecular weight is 398 g/mol. The first-order valence-corrected chi connectivity index (χ1v) is 9.87. The molecule has 8 nitrogen and oxygen atoms in total. The van der Waals surface area contributed by atoms with Gasteiger partial charge in [0, 0.05) is 12.6 Å². The molecule has 0 spiro atoms. The Morgan fingerprint density at radius 2 is 1.89 bits per heavy atom. The monoisotopic (exact) mass is 398 g/mol. The summed E-state index contributed by atoms with van der Waals surface area (Å²) < 4.78 is 36.4. The van der Waals surface area contributed by atoms with E-state index in [0.717, 1.165) is 6.08 Å². The maximum atomic E-state index is 12.0. The fourth-order valence-electron chi connectivity index (χ4n) is 2.00. The molecule has 1 aromatic carbocycles. The van der Waals surface area contributed by atoms with Crippen LogP contribution in [0.3, 0.4) is 0 Å². The van der Waals surface area contributed by atoms with Gasteiger partial charge in [-0.15, -0.1) is 0 Å². The third kappa shape index (κ3) is 7.03. The number of hydrogen-bond acceptors (Lipinski definition) is 6. The summed E-state index contributed by atoms with van der Waals surface area (Å²) in [7, 11) is -1.07. The molecule has 0 aliphatic rings. The smallest absolute Gasteiger partial charge is 0.331 e. The first-order chi connectivity index (χ1) is 12.6. The standard InChI is InChI=1S/C18H26N2O6S/c1-12(2)11-20-18(22)13(3)26-17(21)9-7-14-6-8-15(25-5)16(10-14)27(23,24)19-4/h6-10,12-13,19H,11H2,1-5H3,(H,20,22)/b9-7+/t13-/m0/s1. The summed E-state index contributed by atoms with van der Waals surface area (Å²) in [5.41, 5.74) is 0.457. The van der Waals surface area contributed by atoms with E-state index in [1.807, 2.05) is 13.8 Å². The zero-order valence-corrected chi connectivity index (χ0v) is 16.9. The Bertz CT molecular complexity index is 802. The highest BCUT2D eigenvalue weighted by molar-refractivity contribution is 7.89. The van der Waals surface area contributed by atoms with Gasteiger partial charge in [0.1, 0.15) is 10.6 Å². The van der Waals surface area contributed by atoms with Crippen LogP contribution in [-0.2, 0) is 24.3 Å². The fraction of sp³-hybridized carbons (Fsp3) is 0.444. The van der Waals surface area contributed by atoms with Gasteiger partial charge in [0.2, 0.25) is 10.0 Å². The molecule has 0 saturated heterocycles. The Balaban J connectivity index is 2.83. The molecule has 1 atom stereocenters. The molecular formula is C18H26N2O6S. The molecule has 0 aliphatic heterocycles. The molecule has 0 aromatic heterocycles. The number of amides is 1. The molecule has 1 rings (SSSR count). The molecular weight excluding hydrogens is 372 g/mol. The second kappa shape index (κ2) is 10.1. The van der Waals surface area contributed by atoms with Crippen molar-refractivity contribution in [2.45, 2.75) is 31.8 Å². The van der Waals surface area contributed by atoms with Gasteiger partial charge in [-0.1, -0.05) is 19.9 Å². The second-order valence-electron chi connectivity index (χ2n) is 6.17. The van der Waals surface area contributed by atoms with Gasteiger partial charge >= 0.3 is 5.97 Å². The molecule has 1 aromatic rings. The summed E-state index contributed by atoms with van der Waals surface area (Å²) in [6.45, 7) is 5.88. The van der Waals surface area contributed by atoms with Crippen molar-refractivity contribution in [1.82, 2.24) is 10.0 Å². The predicted octanol–water partition coefficient (Wildman–Crippen LogP) is 1.32. The minimum atomic E-state index is -3.72. The van der Waals surface area contributed by atoms with Crippen LogP contribution in [-0.4, -0.2) is 47.1 Å². The Morgan fingerprint density at radius 1 is 1.22 bits per heavy atom. The number of benzene rings is 1. The van der Waals surface area contributed by atoms with E-state index in [2.05, 4.69) is 10.0 Å². The highest BCUT2D eigenvalue weighted by atomic mass is 32.2. The Labute approximate surface area is 160 Å². The van der Waals surface area contributed by atoms with Crippen molar-refractivity contribution < 1.29 is 27.5 Å². The van der Waals surface area contributed by atoms with E-state index in [0.29, 0.717) is 12.1 Å². The van der Waals surface area contributed by atoms with Gasteiger partial charge in [-0.3, -0.25) is 4.79 Å². The van der Waals surface area contributed by atoms with Crippen LogP contribution in [0.1, 0.15) is 26.3 Å². The van der Waals surface area contributed by atoms with Crippen LogP contribution in [0.15, 0.2) is 29.2 Å². The summed E-state index contributed by atoms with van der Waals surface area (Å²) >= 11 is 0. The van der Waals surface area contributed by atoms with Crippen LogP contribution >= 0.6 is 0 Å². The zero-order valence-electron chi connectivity index (χ0n) is 16.1. The molecule has 0 fully saturated rings. The third-order valence-corrected chi connectivity index (χ3v) is 4.94. The van der Waals surface area contributed by atoms with E-state index in [4.69, 9.17) is 9.47 Å². The molecule has 9 heteroatoms. The molecule has 1 amide bonds. The van der Waals surface area contributed by atoms with Crippen molar-refractivity contribution in [3.05, 3.63) is 29.8 Å². The van der Waals surface area contributed by atoms with E-state index >= 15 is 0 Å². The van der Waals surface area contributed by atoms with Gasteiger partial charge in [0.15, 0.2) is 6.10 Å². The minimum absolute atomic E-state index is 0.0514. The number of hydrogen-bond donors (Lipinski definition) is 2. The van der Waals surface area contributed by atoms with E-state index in [1.165, 1.54) is 39.3 Å². The Morgan fingerprint density at radius 3 is 2.44 bits per heavy atom. The highest BCUT2D eigenvalue weighted by Crippen LogP contribution is 2.25. The molecule has 0 saturated carbocycles. The summed E-state index contributed by atoms with van der Waals surface area (Å²) in [6, 6.07) is 4.44. The van der Waals surface area contributed by atoms with E-state index in [1.54, 1.807) is 6.07 Å². The van der Waals surface area contributed by atoms with Crippen molar-refractivity contribution in [3.63, 3.8) is 0 Å². The van der Waals surface area contributed by atoms with Gasteiger partial charge in [-0.25, -0.2) is 17.9 Å². The number of carbonyl (C=O) groups is 2. The number of nitrogens with one attached hydrogen (secondary N) is 2. The topological polar surface area (TPSA) is 111 Å². The number of ether oxygens (including phenoxy) is 2. The van der Waals surface area contributed by atoms with Crippen LogP contribution in [0, 0.1) is 5.92 Å². The number of esters is 1. The van der Waals surface area contributed by atoms with Crippen molar-refractivity contribution in [2.24, 2.45) is 5.92 Å². The number of rotatable bonds is 9. The van der Waals surface area contributed by atoms with Gasteiger partial charge < -0.3 is 14.8 Å². The highest BCUT2D eigenvalue weighted by Gasteiger charge is 2.18. The lowest BCUT2D eigenvalue weighted by atomic mass is 10.2. The van der Waals surface area contributed by atoms with Crippen LogP contribution in [0.5, 0.6) is 5.75 Å². The molecule has 0 heterocycles. The lowest BCUT2D eigenvalue weighted by Crippen LogP contribution is -2.37. The van der Waals surface area contributed by atoms with Gasteiger partial charge in [-0.05, 0) is 43.7 Å². The predicted molar refractivity (Wildman–Crippen MR) is 102 cm³/mol. The molecule has 2 N–H and O–H groups in total. The third-order valence-electron chi connectivity index (χ3n) is 3.50. The van der Waals surface area contributed by atoms with Gasteiger partial charge in [0.25, 0.3) is 5.91 Å². The quantitative estimate of drug-likeness (QED) is 0.479. The summed E-state index contributed by atoms with van der Waals surface area (Å²) in [4.78, 5) is 23.7. The largest absolute Gasteiger partial charge is 0.495 e. The first-order valence-electron chi connectivity index (χ1n) is 8.38. The van der Waals surface area contributed by atoms with Crippen molar-refractivity contribution in [2.75, 3.05) is 20.7 Å². The zero-order chi connectivity index (χ0) is 20.6. The average Bonchev–Trinajstić information content (AvgIpc) is 2.63. The van der Waals surface area contributed by atoms with Gasteiger partial charge in [0.05, 0.1) is 7.11 Å². The SMILES string of the molecule is CNS(=O)(=O)c1cc(/C=C/C(=O)O[C@@H](C)C(=O)NCC(C)C)ccc1OC. The first kappa shape index (κ1) is 22.7. The maximum Gasteiger partial charge on any atom is 0.331 e. The second-order valence-corrected chi connectivity index (χ2v) is 8.02. The van der Waals surface area contributed by atoms with Crippen molar-refractivity contribution >= 4 is 28.0 Å². The lowest BCUT2D eigenvalue weighted by Gasteiger charge is -2.13. The molecule has 0 bridgehead atoms. The van der Waals surface area contributed by atoms with Crippen LogP contribution in [0.25, 0.3) is 6.08 Å². The van der Waals surface area contributed by atoms with Crippen LogP contribution < -0.4 is 14.8 Å². The van der Waals surface area contributed by atoms with Crippen LogP contribution in [0.4, 0.5) is 0 Å². The van der Waals surface area contributed by atoms with Gasteiger partial charge in [-0.2, -0.15) is 0 Å². The normalized spacial score (nSPS) is 12.8. The van der Waals surface area contributed by atoms with E-state index in [-0.39, 0.29) is 22.5 Å². The van der Waals surface area contributed by atoms with Crippen molar-refractivity contribution in [3.8, 4) is 5.75 Å².